The Balaban J connectivity index is 0.000000190. The minimum absolute atomic E-state index is 0.224. The van der Waals surface area contributed by atoms with E-state index in [-0.39, 0.29) is 5.75 Å². The maximum absolute atomic E-state index is 9.40. The van der Waals surface area contributed by atoms with Crippen LogP contribution in [0.5, 0.6) is 11.5 Å². The van der Waals surface area contributed by atoms with Crippen molar-refractivity contribution in [3.05, 3.63) is 58.4 Å². The second kappa shape index (κ2) is 11.5. The summed E-state index contributed by atoms with van der Waals surface area (Å²) in [5.74, 6) is 1.11. The minimum atomic E-state index is 0.224. The summed E-state index contributed by atoms with van der Waals surface area (Å²) in [5.41, 5.74) is 3.82. The summed E-state index contributed by atoms with van der Waals surface area (Å²) in [4.78, 5) is 18.7. The molecule has 0 saturated carbocycles. The van der Waals surface area contributed by atoms with Crippen LogP contribution in [-0.4, -0.2) is 69.4 Å². The first-order chi connectivity index (χ1) is 18.3. The number of aryl methyl sites for hydroxylation is 2. The van der Waals surface area contributed by atoms with Crippen molar-refractivity contribution in [2.75, 3.05) is 39.5 Å². The van der Waals surface area contributed by atoms with E-state index in [0.717, 1.165) is 66.0 Å². The molecule has 2 aliphatic heterocycles. The van der Waals surface area contributed by atoms with Crippen LogP contribution < -0.4 is 4.74 Å². The maximum atomic E-state index is 9.40. The Morgan fingerprint density at radius 1 is 0.895 bits per heavy atom. The number of phenols is 1. The molecule has 200 valence electrons. The van der Waals surface area contributed by atoms with Gasteiger partial charge in [-0.05, 0) is 69.5 Å². The molecule has 0 radical (unpaired) electrons. The van der Waals surface area contributed by atoms with Crippen molar-refractivity contribution in [1.29, 1.82) is 0 Å². The van der Waals surface area contributed by atoms with E-state index in [0.29, 0.717) is 21.2 Å². The molecule has 1 spiro atoms. The highest BCUT2D eigenvalue weighted by Crippen LogP contribution is 2.38. The molecule has 0 bridgehead atoms. The smallest absolute Gasteiger partial charge is 0.140 e. The van der Waals surface area contributed by atoms with Crippen LogP contribution in [-0.2, 0) is 4.74 Å². The molecule has 0 amide bonds. The number of halogens is 2. The quantitative estimate of drug-likeness (QED) is 0.245. The molecule has 2 aromatic heterocycles. The zero-order chi connectivity index (χ0) is 26.7. The van der Waals surface area contributed by atoms with Crippen LogP contribution in [0.25, 0.3) is 21.8 Å². The number of phenolic OH excluding ortho intramolecular Hbond substituents is 1. The van der Waals surface area contributed by atoms with E-state index in [1.54, 1.807) is 19.1 Å². The molecule has 2 fully saturated rings. The van der Waals surface area contributed by atoms with Gasteiger partial charge in [-0.15, -0.1) is 0 Å². The van der Waals surface area contributed by atoms with Gasteiger partial charge in [-0.1, -0.05) is 23.2 Å². The van der Waals surface area contributed by atoms with Gasteiger partial charge in [0.05, 0.1) is 30.9 Å². The largest absolute Gasteiger partial charge is 0.508 e. The average molecular weight is 556 g/mol. The number of aromatic hydroxyl groups is 1. The van der Waals surface area contributed by atoms with Gasteiger partial charge in [0.2, 0.25) is 0 Å². The average Bonchev–Trinajstić information content (AvgIpc) is 2.89. The Morgan fingerprint density at radius 2 is 1.50 bits per heavy atom. The molecule has 4 aromatic rings. The van der Waals surface area contributed by atoms with Crippen molar-refractivity contribution >= 4 is 45.0 Å². The molecule has 0 unspecified atom stereocenters. The first-order valence-electron chi connectivity index (χ1n) is 12.8. The van der Waals surface area contributed by atoms with Gasteiger partial charge in [0.25, 0.3) is 0 Å². The summed E-state index contributed by atoms with van der Waals surface area (Å²) in [6, 6.07) is 7.31. The maximum Gasteiger partial charge on any atom is 0.140 e. The molecule has 2 aliphatic rings. The molecular weight excluding hydrogens is 525 g/mol. The second-order valence-corrected chi connectivity index (χ2v) is 10.9. The van der Waals surface area contributed by atoms with Crippen LogP contribution in [0, 0.1) is 19.3 Å². The zero-order valence-electron chi connectivity index (χ0n) is 21.6. The van der Waals surface area contributed by atoms with Gasteiger partial charge in [-0.25, -0.2) is 19.9 Å². The third kappa shape index (κ3) is 5.94. The lowest BCUT2D eigenvalue weighted by Crippen LogP contribution is -2.51. The van der Waals surface area contributed by atoms with E-state index in [9.17, 15) is 5.11 Å². The van der Waals surface area contributed by atoms with E-state index < -0.39 is 0 Å². The third-order valence-electron chi connectivity index (χ3n) is 7.40. The SMILES string of the molecule is Cc1cc2c(Cl)ncnc2cc1O.Cc1cc2c(Cl)ncnc2cc1OCCCN1CCC2(CC1)COC2. The van der Waals surface area contributed by atoms with E-state index in [2.05, 4.69) is 24.8 Å². The van der Waals surface area contributed by atoms with Crippen molar-refractivity contribution in [2.24, 2.45) is 5.41 Å². The zero-order valence-corrected chi connectivity index (χ0v) is 23.1. The van der Waals surface area contributed by atoms with Crippen LogP contribution in [0.1, 0.15) is 30.4 Å². The number of hydrogen-bond donors (Lipinski definition) is 1. The Kier molecular flexibility index (Phi) is 8.14. The lowest BCUT2D eigenvalue weighted by molar-refractivity contribution is -0.139. The van der Waals surface area contributed by atoms with Gasteiger partial charge in [-0.2, -0.15) is 0 Å². The molecule has 0 atom stereocenters. The Labute approximate surface area is 231 Å². The summed E-state index contributed by atoms with van der Waals surface area (Å²) in [6.07, 6.45) is 6.45. The number of piperidine rings is 1. The van der Waals surface area contributed by atoms with Crippen molar-refractivity contribution in [1.82, 2.24) is 24.8 Å². The highest BCUT2D eigenvalue weighted by Gasteiger charge is 2.40. The molecule has 1 N–H and O–H groups in total. The number of aromatic nitrogens is 4. The van der Waals surface area contributed by atoms with Crippen molar-refractivity contribution in [2.45, 2.75) is 33.1 Å². The first kappa shape index (κ1) is 26.8. The van der Waals surface area contributed by atoms with E-state index >= 15 is 0 Å². The van der Waals surface area contributed by atoms with Gasteiger partial charge in [0.1, 0.15) is 34.5 Å². The molecule has 4 heterocycles. The molecule has 38 heavy (non-hydrogen) atoms. The molecule has 2 aromatic carbocycles. The number of benzene rings is 2. The lowest BCUT2D eigenvalue weighted by Gasteiger charge is -2.47. The third-order valence-corrected chi connectivity index (χ3v) is 8.00. The molecule has 0 aliphatic carbocycles. The van der Waals surface area contributed by atoms with Crippen molar-refractivity contribution in [3.8, 4) is 11.5 Å². The summed E-state index contributed by atoms with van der Waals surface area (Å²) >= 11 is 12.0. The fourth-order valence-electron chi connectivity index (χ4n) is 4.89. The Bertz CT molecular complexity index is 1440. The van der Waals surface area contributed by atoms with Crippen LogP contribution in [0.3, 0.4) is 0 Å². The molecule has 6 rings (SSSR count). The Morgan fingerprint density at radius 3 is 2.11 bits per heavy atom. The van der Waals surface area contributed by atoms with Gasteiger partial charge < -0.3 is 19.5 Å². The van der Waals surface area contributed by atoms with E-state index in [4.69, 9.17) is 32.7 Å². The number of rotatable bonds is 5. The van der Waals surface area contributed by atoms with Crippen LogP contribution in [0.2, 0.25) is 10.3 Å². The predicted molar refractivity (Wildman–Crippen MR) is 149 cm³/mol. The molecule has 8 nitrogen and oxygen atoms in total. The van der Waals surface area contributed by atoms with E-state index in [1.807, 2.05) is 19.1 Å². The van der Waals surface area contributed by atoms with E-state index in [1.165, 1.54) is 38.6 Å². The summed E-state index contributed by atoms with van der Waals surface area (Å²) < 4.78 is 11.4. The van der Waals surface area contributed by atoms with Crippen molar-refractivity contribution < 1.29 is 14.6 Å². The van der Waals surface area contributed by atoms with Gasteiger partial charge in [0, 0.05) is 34.9 Å². The van der Waals surface area contributed by atoms with Crippen LogP contribution in [0.15, 0.2) is 36.9 Å². The highest BCUT2D eigenvalue weighted by atomic mass is 35.5. The fourth-order valence-corrected chi connectivity index (χ4v) is 5.28. The predicted octanol–water partition coefficient (Wildman–Crippen LogP) is 5.77. The Hall–Kier alpha value is -2.78. The number of likely N-dealkylation sites (tertiary alicyclic amines) is 1. The highest BCUT2D eigenvalue weighted by molar-refractivity contribution is 6.34. The first-order valence-corrected chi connectivity index (χ1v) is 13.5. The monoisotopic (exact) mass is 555 g/mol. The number of fused-ring (bicyclic) bond motifs is 2. The van der Waals surface area contributed by atoms with Gasteiger partial charge in [0.15, 0.2) is 0 Å². The summed E-state index contributed by atoms with van der Waals surface area (Å²) in [5, 5.41) is 11.9. The normalized spacial score (nSPS) is 16.7. The van der Waals surface area contributed by atoms with Gasteiger partial charge in [-0.3, -0.25) is 0 Å². The minimum Gasteiger partial charge on any atom is -0.508 e. The second-order valence-electron chi connectivity index (χ2n) is 10.2. The topological polar surface area (TPSA) is 93.5 Å². The standard InChI is InChI=1S/C19H24ClN3O2.C9H7ClN2O/c1-14-9-15-16(21-13-22-18(15)20)10-17(14)25-8-2-5-23-6-3-19(4-7-23)11-24-12-19;1-5-2-6-7(3-8(5)13)11-4-12-9(6)10/h9-10,13H,2-8,11-12H2,1H3;2-4,13H,1H3. The fraction of sp³-hybridized carbons (Fsp3) is 0.429. The van der Waals surface area contributed by atoms with Crippen molar-refractivity contribution in [3.63, 3.8) is 0 Å². The summed E-state index contributed by atoms with van der Waals surface area (Å²) in [6.45, 7) is 9.97. The molecular formula is C28H31Cl2N5O3. The van der Waals surface area contributed by atoms with Crippen LogP contribution in [0.4, 0.5) is 0 Å². The lowest BCUT2D eigenvalue weighted by atomic mass is 9.77. The van der Waals surface area contributed by atoms with Crippen LogP contribution >= 0.6 is 23.2 Å². The number of nitrogens with zero attached hydrogens (tertiary/aromatic N) is 5. The van der Waals surface area contributed by atoms with Gasteiger partial charge >= 0.3 is 0 Å². The molecule has 2 saturated heterocycles. The summed E-state index contributed by atoms with van der Waals surface area (Å²) in [7, 11) is 0. The number of ether oxygens (including phenoxy) is 2. The molecule has 10 heteroatoms. The number of hydrogen-bond acceptors (Lipinski definition) is 8.